The minimum atomic E-state index is -0.981. The van der Waals surface area contributed by atoms with Gasteiger partial charge in [0.15, 0.2) is 0 Å². The molecule has 13 nitrogen and oxygen atoms in total. The average molecular weight is 590 g/mol. The van der Waals surface area contributed by atoms with Gasteiger partial charge in [0.05, 0.1) is 64.0 Å². The van der Waals surface area contributed by atoms with Crippen LogP contribution in [0.25, 0.3) is 0 Å². The molecule has 3 aliphatic rings. The number of likely N-dealkylation sites (tertiary alicyclic amines) is 2. The Balaban J connectivity index is 1.04. The van der Waals surface area contributed by atoms with E-state index >= 15 is 0 Å². The van der Waals surface area contributed by atoms with E-state index in [2.05, 4.69) is 10.2 Å². The number of carbonyl (C=O) groups excluding carboxylic acids is 4. The maximum absolute atomic E-state index is 13.2. The average Bonchev–Trinajstić information content (AvgIpc) is 3.24. The quantitative estimate of drug-likeness (QED) is 0.191. The van der Waals surface area contributed by atoms with Gasteiger partial charge in [0.25, 0.3) is 17.7 Å². The van der Waals surface area contributed by atoms with E-state index in [4.69, 9.17) is 24.7 Å². The molecule has 13 heteroatoms. The molecule has 2 saturated heterocycles. The van der Waals surface area contributed by atoms with E-state index in [1.54, 1.807) is 18.2 Å². The fourth-order valence-corrected chi connectivity index (χ4v) is 5.26. The van der Waals surface area contributed by atoms with Crippen molar-refractivity contribution < 1.29 is 38.1 Å². The molecular formula is C29H43N5O8. The molecule has 42 heavy (non-hydrogen) atoms. The van der Waals surface area contributed by atoms with E-state index in [1.807, 2.05) is 0 Å². The lowest BCUT2D eigenvalue weighted by molar-refractivity contribution is -0.149. The van der Waals surface area contributed by atoms with Gasteiger partial charge in [0, 0.05) is 38.3 Å². The Morgan fingerprint density at radius 3 is 2.12 bits per heavy atom. The molecule has 0 spiro atoms. The zero-order chi connectivity index (χ0) is 29.9. The third-order valence-electron chi connectivity index (χ3n) is 7.74. The molecule has 4 amide bonds. The summed E-state index contributed by atoms with van der Waals surface area (Å²) in [6.45, 7) is 7.35. The largest absolute Gasteiger partial charge is 0.382 e. The number of amides is 4. The SMILES string of the molecule is CN1C(=O)CCC(N2C(=O)c3cccc(NCCOCCOCCOCCOCCN4CCC(N)CC4)c3C2=O)C1=O. The molecule has 1 unspecified atom stereocenters. The van der Waals surface area contributed by atoms with Crippen LogP contribution in [0.1, 0.15) is 46.4 Å². The Hall–Kier alpha value is -2.94. The first-order valence-corrected chi connectivity index (χ1v) is 14.7. The summed E-state index contributed by atoms with van der Waals surface area (Å²) in [7, 11) is 1.37. The lowest BCUT2D eigenvalue weighted by atomic mass is 10.0. The first-order valence-electron chi connectivity index (χ1n) is 14.7. The normalized spacial score (nSPS) is 20.1. The predicted octanol–water partition coefficient (Wildman–Crippen LogP) is 0.331. The summed E-state index contributed by atoms with van der Waals surface area (Å²) < 4.78 is 22.3. The van der Waals surface area contributed by atoms with Gasteiger partial charge in [-0.1, -0.05) is 6.07 Å². The first kappa shape index (κ1) is 32.0. The molecule has 1 aromatic rings. The van der Waals surface area contributed by atoms with E-state index in [9.17, 15) is 19.2 Å². The summed E-state index contributed by atoms with van der Waals surface area (Å²) in [4.78, 5) is 55.0. The smallest absolute Gasteiger partial charge is 0.264 e. The topological polar surface area (TPSA) is 153 Å². The van der Waals surface area contributed by atoms with Crippen LogP contribution >= 0.6 is 0 Å². The second-order valence-electron chi connectivity index (χ2n) is 10.6. The molecule has 4 rings (SSSR count). The molecular weight excluding hydrogens is 546 g/mol. The van der Waals surface area contributed by atoms with Crippen LogP contribution in [-0.2, 0) is 28.5 Å². The lowest BCUT2D eigenvalue weighted by Crippen LogP contribution is -2.54. The van der Waals surface area contributed by atoms with Crippen LogP contribution < -0.4 is 11.1 Å². The number of rotatable bonds is 17. The number of fused-ring (bicyclic) bond motifs is 1. The highest BCUT2D eigenvalue weighted by Crippen LogP contribution is 2.33. The van der Waals surface area contributed by atoms with Gasteiger partial charge in [-0.2, -0.15) is 0 Å². The van der Waals surface area contributed by atoms with Gasteiger partial charge in [0.2, 0.25) is 5.91 Å². The van der Waals surface area contributed by atoms with Crippen LogP contribution in [0.15, 0.2) is 18.2 Å². The summed E-state index contributed by atoms with van der Waals surface area (Å²) >= 11 is 0. The number of hydrogen-bond donors (Lipinski definition) is 2. The number of benzene rings is 1. The molecule has 3 aliphatic heterocycles. The highest BCUT2D eigenvalue weighted by Gasteiger charge is 2.47. The molecule has 3 heterocycles. The van der Waals surface area contributed by atoms with Crippen molar-refractivity contribution in [2.24, 2.45) is 5.73 Å². The Kier molecular flexibility index (Phi) is 12.2. The number of nitrogens with zero attached hydrogens (tertiary/aromatic N) is 3. The molecule has 232 valence electrons. The van der Waals surface area contributed by atoms with Crippen LogP contribution in [-0.4, -0.2) is 136 Å². The number of nitrogens with one attached hydrogen (secondary N) is 1. The van der Waals surface area contributed by atoms with Crippen LogP contribution in [0.2, 0.25) is 0 Å². The molecule has 1 aromatic carbocycles. The van der Waals surface area contributed by atoms with E-state index < -0.39 is 23.8 Å². The van der Waals surface area contributed by atoms with Gasteiger partial charge >= 0.3 is 0 Å². The monoisotopic (exact) mass is 589 g/mol. The lowest BCUT2D eigenvalue weighted by Gasteiger charge is -2.32. The summed E-state index contributed by atoms with van der Waals surface area (Å²) in [6.07, 6.45) is 2.34. The van der Waals surface area contributed by atoms with E-state index in [0.717, 1.165) is 42.3 Å². The highest BCUT2D eigenvalue weighted by atomic mass is 16.6. The zero-order valence-electron chi connectivity index (χ0n) is 24.4. The van der Waals surface area contributed by atoms with Gasteiger partial charge in [-0.25, -0.2) is 0 Å². The maximum Gasteiger partial charge on any atom is 0.264 e. The predicted molar refractivity (Wildman–Crippen MR) is 153 cm³/mol. The Bertz CT molecular complexity index is 1090. The van der Waals surface area contributed by atoms with Crippen molar-refractivity contribution in [2.45, 2.75) is 37.8 Å². The van der Waals surface area contributed by atoms with Crippen molar-refractivity contribution in [1.29, 1.82) is 0 Å². The number of carbonyl (C=O) groups is 4. The van der Waals surface area contributed by atoms with Gasteiger partial charge in [0.1, 0.15) is 6.04 Å². The summed E-state index contributed by atoms with van der Waals surface area (Å²) in [5.74, 6) is -1.93. The van der Waals surface area contributed by atoms with E-state index in [1.165, 1.54) is 7.05 Å². The Labute approximate surface area is 246 Å². The molecule has 0 saturated carbocycles. The molecule has 3 N–H and O–H groups in total. The fraction of sp³-hybridized carbons (Fsp3) is 0.655. The van der Waals surface area contributed by atoms with Crippen LogP contribution in [0, 0.1) is 0 Å². The van der Waals surface area contributed by atoms with Crippen molar-refractivity contribution in [2.75, 3.05) is 91.4 Å². The Morgan fingerprint density at radius 1 is 0.833 bits per heavy atom. The number of nitrogens with two attached hydrogens (primary N) is 1. The van der Waals surface area contributed by atoms with Crippen LogP contribution in [0.3, 0.4) is 0 Å². The molecule has 0 aromatic heterocycles. The maximum atomic E-state index is 13.2. The van der Waals surface area contributed by atoms with Gasteiger partial charge < -0.3 is 34.9 Å². The summed E-state index contributed by atoms with van der Waals surface area (Å²) in [5.41, 5.74) is 6.89. The molecule has 0 radical (unpaired) electrons. The second-order valence-corrected chi connectivity index (χ2v) is 10.6. The van der Waals surface area contributed by atoms with Crippen molar-refractivity contribution >= 4 is 29.3 Å². The molecule has 1 atom stereocenters. The zero-order valence-corrected chi connectivity index (χ0v) is 24.4. The van der Waals surface area contributed by atoms with Crippen molar-refractivity contribution in [1.82, 2.24) is 14.7 Å². The Morgan fingerprint density at radius 2 is 1.45 bits per heavy atom. The summed E-state index contributed by atoms with van der Waals surface area (Å²) in [6, 6.07) is 4.33. The third kappa shape index (κ3) is 8.33. The van der Waals surface area contributed by atoms with Crippen LogP contribution in [0.5, 0.6) is 0 Å². The second kappa shape index (κ2) is 16.1. The summed E-state index contributed by atoms with van der Waals surface area (Å²) in [5, 5.41) is 3.15. The van der Waals surface area contributed by atoms with Gasteiger partial charge in [-0.15, -0.1) is 0 Å². The van der Waals surface area contributed by atoms with Gasteiger partial charge in [-0.05, 0) is 44.5 Å². The van der Waals surface area contributed by atoms with Gasteiger partial charge in [-0.3, -0.25) is 29.0 Å². The number of hydrogen-bond acceptors (Lipinski definition) is 11. The highest BCUT2D eigenvalue weighted by molar-refractivity contribution is 6.25. The number of likely N-dealkylation sites (N-methyl/N-ethyl adjacent to an activating group) is 1. The first-order chi connectivity index (χ1) is 20.4. The fourth-order valence-electron chi connectivity index (χ4n) is 5.26. The van der Waals surface area contributed by atoms with Crippen molar-refractivity contribution in [3.63, 3.8) is 0 Å². The minimum Gasteiger partial charge on any atom is -0.382 e. The van der Waals surface area contributed by atoms with Crippen molar-refractivity contribution in [3.8, 4) is 0 Å². The number of anilines is 1. The molecule has 2 fully saturated rings. The molecule has 0 bridgehead atoms. The number of piperidine rings is 2. The minimum absolute atomic E-state index is 0.101. The van der Waals surface area contributed by atoms with E-state index in [0.29, 0.717) is 71.1 Å². The number of ether oxygens (including phenoxy) is 4. The number of imide groups is 2. The van der Waals surface area contributed by atoms with Crippen LogP contribution in [0.4, 0.5) is 5.69 Å². The standard InChI is InChI=1S/C29H43N5O8/c1-32-25(35)6-5-24(28(32)37)34-27(36)22-3-2-4-23(26(22)29(34)38)31-9-13-39-15-17-41-19-20-42-18-16-40-14-12-33-10-7-21(30)8-11-33/h2-4,21,24,31H,5-20,30H2,1H3. The van der Waals surface area contributed by atoms with Crippen molar-refractivity contribution in [3.05, 3.63) is 29.3 Å². The van der Waals surface area contributed by atoms with E-state index in [-0.39, 0.29) is 29.9 Å². The third-order valence-corrected chi connectivity index (χ3v) is 7.74. The molecule has 0 aliphatic carbocycles.